The summed E-state index contributed by atoms with van der Waals surface area (Å²) in [4.78, 5) is 18.2. The molecule has 3 heterocycles. The number of hydrogen-bond donors (Lipinski definition) is 1. The van der Waals surface area contributed by atoms with Crippen LogP contribution in [-0.2, 0) is 4.79 Å². The van der Waals surface area contributed by atoms with Gasteiger partial charge in [-0.1, -0.05) is 42.5 Å². The summed E-state index contributed by atoms with van der Waals surface area (Å²) < 4.78 is 7.77. The normalized spacial score (nSPS) is 21.0. The van der Waals surface area contributed by atoms with Gasteiger partial charge in [-0.2, -0.15) is 0 Å². The van der Waals surface area contributed by atoms with E-state index in [0.717, 1.165) is 46.0 Å². The van der Waals surface area contributed by atoms with Crippen molar-refractivity contribution >= 4 is 22.8 Å². The molecule has 1 aliphatic heterocycles. The van der Waals surface area contributed by atoms with Gasteiger partial charge in [-0.15, -0.1) is 0 Å². The van der Waals surface area contributed by atoms with Crippen molar-refractivity contribution in [2.75, 3.05) is 5.32 Å². The highest BCUT2D eigenvalue weighted by atomic mass is 16.3. The van der Waals surface area contributed by atoms with Gasteiger partial charge in [0.1, 0.15) is 5.76 Å². The summed E-state index contributed by atoms with van der Waals surface area (Å²) in [6, 6.07) is 22.0. The maximum absolute atomic E-state index is 13.4. The number of anilines is 1. The topological polar surface area (TPSA) is 60.1 Å². The van der Waals surface area contributed by atoms with Crippen LogP contribution in [0.1, 0.15) is 36.1 Å². The van der Waals surface area contributed by atoms with Gasteiger partial charge in [-0.25, -0.2) is 4.98 Å². The third-order valence-electron chi connectivity index (χ3n) is 5.96. The fourth-order valence-electron chi connectivity index (χ4n) is 4.70. The molecule has 0 bridgehead atoms. The van der Waals surface area contributed by atoms with E-state index >= 15 is 0 Å². The molecule has 2 unspecified atom stereocenters. The number of nitrogens with one attached hydrogen (secondary N) is 1. The second kappa shape index (κ2) is 6.21. The summed E-state index contributed by atoms with van der Waals surface area (Å²) in [6.45, 7) is 0. The number of nitrogens with zero attached hydrogens (tertiary/aromatic N) is 2. The Morgan fingerprint density at radius 2 is 1.79 bits per heavy atom. The number of Topliss-reactive ketones (excluding diaryl/α,β-unsaturated/α-hetero) is 1. The molecule has 5 heteroatoms. The molecule has 142 valence electrons. The van der Waals surface area contributed by atoms with Gasteiger partial charge in [-0.3, -0.25) is 9.36 Å². The molecule has 1 N–H and O–H groups in total. The summed E-state index contributed by atoms with van der Waals surface area (Å²) in [6.07, 6.45) is 2.87. The Morgan fingerprint density at radius 1 is 0.966 bits per heavy atom. The second-order valence-corrected chi connectivity index (χ2v) is 7.67. The Labute approximate surface area is 167 Å². The number of imidazole rings is 1. The molecule has 2 aromatic carbocycles. The predicted molar refractivity (Wildman–Crippen MR) is 111 cm³/mol. The maximum atomic E-state index is 13.4. The fraction of sp³-hybridized carbons (Fsp3) is 0.167. The van der Waals surface area contributed by atoms with Crippen LogP contribution in [0.15, 0.2) is 88.7 Å². The van der Waals surface area contributed by atoms with Gasteiger partial charge in [0.05, 0.1) is 23.3 Å². The summed E-state index contributed by atoms with van der Waals surface area (Å²) in [7, 11) is 0. The first-order valence-electron chi connectivity index (χ1n) is 9.88. The summed E-state index contributed by atoms with van der Waals surface area (Å²) in [5.74, 6) is 1.86. The Balaban J connectivity index is 1.56. The van der Waals surface area contributed by atoms with E-state index in [0.29, 0.717) is 6.42 Å². The van der Waals surface area contributed by atoms with Crippen molar-refractivity contribution in [1.29, 1.82) is 0 Å². The molecule has 6 rings (SSSR count). The lowest BCUT2D eigenvalue weighted by Crippen LogP contribution is -2.33. The van der Waals surface area contributed by atoms with Gasteiger partial charge in [0.2, 0.25) is 5.95 Å². The molecule has 2 aliphatic rings. The van der Waals surface area contributed by atoms with Crippen LogP contribution in [0.2, 0.25) is 0 Å². The van der Waals surface area contributed by atoms with Crippen LogP contribution in [0.25, 0.3) is 11.0 Å². The Kier molecular flexibility index (Phi) is 3.50. The Morgan fingerprint density at radius 3 is 2.62 bits per heavy atom. The summed E-state index contributed by atoms with van der Waals surface area (Å²) in [5.41, 5.74) is 4.84. The van der Waals surface area contributed by atoms with Crippen LogP contribution in [-0.4, -0.2) is 15.3 Å². The highest BCUT2D eigenvalue weighted by molar-refractivity contribution is 6.01. The zero-order valence-electron chi connectivity index (χ0n) is 15.7. The third kappa shape index (κ3) is 2.47. The first-order valence-corrected chi connectivity index (χ1v) is 9.88. The van der Waals surface area contributed by atoms with E-state index < -0.39 is 0 Å². The van der Waals surface area contributed by atoms with Gasteiger partial charge < -0.3 is 9.73 Å². The zero-order chi connectivity index (χ0) is 19.4. The van der Waals surface area contributed by atoms with Gasteiger partial charge in [0.15, 0.2) is 5.78 Å². The molecule has 0 saturated carbocycles. The first-order chi connectivity index (χ1) is 14.3. The molecule has 0 amide bonds. The number of allylic oxidation sites excluding steroid dienone is 2. The van der Waals surface area contributed by atoms with E-state index in [1.807, 2.05) is 48.5 Å². The minimum atomic E-state index is -0.181. The van der Waals surface area contributed by atoms with Gasteiger partial charge in [-0.05, 0) is 36.2 Å². The number of benzene rings is 2. The van der Waals surface area contributed by atoms with E-state index in [1.165, 1.54) is 0 Å². The molecule has 29 heavy (non-hydrogen) atoms. The molecule has 2 aromatic heterocycles. The molecular formula is C24H19N3O2. The fourth-order valence-corrected chi connectivity index (χ4v) is 4.70. The molecular weight excluding hydrogens is 362 g/mol. The smallest absolute Gasteiger partial charge is 0.209 e. The maximum Gasteiger partial charge on any atom is 0.209 e. The van der Waals surface area contributed by atoms with Crippen molar-refractivity contribution in [2.24, 2.45) is 0 Å². The van der Waals surface area contributed by atoms with E-state index in [2.05, 4.69) is 28.1 Å². The van der Waals surface area contributed by atoms with Crippen molar-refractivity contribution in [3.63, 3.8) is 0 Å². The average molecular weight is 381 g/mol. The van der Waals surface area contributed by atoms with E-state index in [-0.39, 0.29) is 17.7 Å². The number of para-hydroxylation sites is 2. The quantitative estimate of drug-likeness (QED) is 0.528. The van der Waals surface area contributed by atoms with Crippen LogP contribution in [0.3, 0.4) is 0 Å². The lowest BCUT2D eigenvalue weighted by Gasteiger charge is -2.35. The molecule has 2 atom stereocenters. The largest absolute Gasteiger partial charge is 0.469 e. The minimum Gasteiger partial charge on any atom is -0.469 e. The lowest BCUT2D eigenvalue weighted by molar-refractivity contribution is -0.116. The number of rotatable bonds is 2. The molecule has 0 spiro atoms. The number of furan rings is 1. The van der Waals surface area contributed by atoms with Gasteiger partial charge >= 0.3 is 0 Å². The molecule has 0 fully saturated rings. The molecule has 1 aliphatic carbocycles. The molecule has 0 radical (unpaired) electrons. The van der Waals surface area contributed by atoms with E-state index in [4.69, 9.17) is 9.40 Å². The standard InChI is InChI=1S/C24H19N3O2/c28-20-14-16(21-11-6-12-29-21)13-18-22(20)23(15-7-2-1-3-8-15)27-19-10-5-4-9-17(19)25-24(27)26-18/h1-12,16,23H,13-14H2,(H,25,26). The number of fused-ring (bicyclic) bond motifs is 3. The number of carbonyl (C=O) groups is 1. The predicted octanol–water partition coefficient (Wildman–Crippen LogP) is 5.05. The van der Waals surface area contributed by atoms with Crippen molar-refractivity contribution in [3.05, 3.63) is 95.6 Å². The van der Waals surface area contributed by atoms with Crippen LogP contribution in [0, 0.1) is 0 Å². The Bertz CT molecular complexity index is 1250. The number of aromatic nitrogens is 2. The number of ketones is 1. The third-order valence-corrected chi connectivity index (χ3v) is 5.96. The zero-order valence-corrected chi connectivity index (χ0v) is 15.7. The number of carbonyl (C=O) groups excluding carboxylic acids is 1. The highest BCUT2D eigenvalue weighted by Gasteiger charge is 2.40. The second-order valence-electron chi connectivity index (χ2n) is 7.67. The highest BCUT2D eigenvalue weighted by Crippen LogP contribution is 2.45. The van der Waals surface area contributed by atoms with E-state index in [1.54, 1.807) is 6.26 Å². The first kappa shape index (κ1) is 16.4. The molecule has 4 aromatic rings. The van der Waals surface area contributed by atoms with Crippen molar-refractivity contribution in [1.82, 2.24) is 9.55 Å². The van der Waals surface area contributed by atoms with Crippen molar-refractivity contribution < 1.29 is 9.21 Å². The Hall–Kier alpha value is -3.60. The van der Waals surface area contributed by atoms with Gasteiger partial charge in [0.25, 0.3) is 0 Å². The van der Waals surface area contributed by atoms with E-state index in [9.17, 15) is 4.79 Å². The van der Waals surface area contributed by atoms with Gasteiger partial charge in [0, 0.05) is 23.6 Å². The van der Waals surface area contributed by atoms with Crippen LogP contribution in [0.5, 0.6) is 0 Å². The van der Waals surface area contributed by atoms with Crippen LogP contribution >= 0.6 is 0 Å². The number of hydrogen-bond acceptors (Lipinski definition) is 4. The lowest BCUT2D eigenvalue weighted by atomic mass is 9.79. The minimum absolute atomic E-state index is 0.0519. The summed E-state index contributed by atoms with van der Waals surface area (Å²) >= 11 is 0. The SMILES string of the molecule is O=C1CC(c2ccco2)CC2=C1C(c1ccccc1)n1c(nc3ccccc31)N2. The average Bonchev–Trinajstić information content (AvgIpc) is 3.40. The summed E-state index contributed by atoms with van der Waals surface area (Å²) in [5, 5.41) is 3.48. The van der Waals surface area contributed by atoms with Crippen molar-refractivity contribution in [2.45, 2.75) is 24.8 Å². The monoisotopic (exact) mass is 381 g/mol. The molecule has 5 nitrogen and oxygen atoms in total. The van der Waals surface area contributed by atoms with Crippen LogP contribution < -0.4 is 5.32 Å². The van der Waals surface area contributed by atoms with Crippen LogP contribution in [0.4, 0.5) is 5.95 Å². The van der Waals surface area contributed by atoms with Crippen molar-refractivity contribution in [3.8, 4) is 0 Å². The molecule has 0 saturated heterocycles.